The second-order valence-electron chi connectivity index (χ2n) is 5.24. The Labute approximate surface area is 115 Å². The Morgan fingerprint density at radius 3 is 2.67 bits per heavy atom. The van der Waals surface area contributed by atoms with Gasteiger partial charge in [0.15, 0.2) is 0 Å². The highest BCUT2D eigenvalue weighted by atomic mass is 79.9. The molecular formula is C13H17BrFN3. The Morgan fingerprint density at radius 1 is 1.33 bits per heavy atom. The molecule has 0 amide bonds. The molecule has 0 aliphatic carbocycles. The third-order valence-electron chi connectivity index (χ3n) is 4.09. The lowest BCUT2D eigenvalue weighted by Crippen LogP contribution is -2.53. The fourth-order valence-electron chi connectivity index (χ4n) is 3.02. The van der Waals surface area contributed by atoms with Gasteiger partial charge in [-0.2, -0.15) is 0 Å². The highest BCUT2D eigenvalue weighted by Crippen LogP contribution is 2.32. The smallest absolute Gasteiger partial charge is 0.139 e. The van der Waals surface area contributed by atoms with Gasteiger partial charge in [-0.05, 0) is 53.8 Å². The van der Waals surface area contributed by atoms with Crippen molar-refractivity contribution in [1.82, 2.24) is 4.90 Å². The summed E-state index contributed by atoms with van der Waals surface area (Å²) < 4.78 is 14.0. The predicted octanol–water partition coefficient (Wildman–Crippen LogP) is 2.68. The summed E-state index contributed by atoms with van der Waals surface area (Å²) in [6.45, 7) is 3.45. The Kier molecular flexibility index (Phi) is 3.20. The average molecular weight is 314 g/mol. The summed E-state index contributed by atoms with van der Waals surface area (Å²) in [4.78, 5) is 2.46. The van der Waals surface area contributed by atoms with Crippen LogP contribution in [0.1, 0.15) is 12.8 Å². The molecule has 1 atom stereocenters. The summed E-state index contributed by atoms with van der Waals surface area (Å²) in [5.74, 6) is 0.425. The van der Waals surface area contributed by atoms with Crippen molar-refractivity contribution in [3.05, 3.63) is 22.4 Å². The first-order valence-corrected chi connectivity index (χ1v) is 7.16. The number of rotatable bonds is 2. The SMILES string of the molecule is Nc1cc(Br)c(F)cc1NC1CN2CCC1CC2. The van der Waals surface area contributed by atoms with E-state index in [9.17, 15) is 4.39 Å². The zero-order valence-electron chi connectivity index (χ0n) is 10.1. The fourth-order valence-corrected chi connectivity index (χ4v) is 3.38. The molecule has 1 unspecified atom stereocenters. The van der Waals surface area contributed by atoms with E-state index in [1.165, 1.54) is 32.0 Å². The quantitative estimate of drug-likeness (QED) is 0.825. The third kappa shape index (κ3) is 2.21. The standard InChI is InChI=1S/C13H17BrFN3/c14-9-5-11(16)12(6-10(9)15)17-13-7-18-3-1-8(13)2-4-18/h5-6,8,13,17H,1-4,7,16H2. The lowest BCUT2D eigenvalue weighted by molar-refractivity contribution is 0.0975. The van der Waals surface area contributed by atoms with Crippen LogP contribution < -0.4 is 11.1 Å². The zero-order chi connectivity index (χ0) is 12.7. The van der Waals surface area contributed by atoms with Crippen LogP contribution in [-0.4, -0.2) is 30.6 Å². The highest BCUT2D eigenvalue weighted by molar-refractivity contribution is 9.10. The largest absolute Gasteiger partial charge is 0.397 e. The van der Waals surface area contributed by atoms with E-state index < -0.39 is 0 Å². The van der Waals surface area contributed by atoms with Gasteiger partial charge in [-0.15, -0.1) is 0 Å². The number of nitrogen functional groups attached to an aromatic ring is 1. The van der Waals surface area contributed by atoms with Crippen LogP contribution >= 0.6 is 15.9 Å². The van der Waals surface area contributed by atoms with E-state index in [1.807, 2.05) is 0 Å². The molecule has 5 heteroatoms. The Morgan fingerprint density at radius 2 is 2.06 bits per heavy atom. The van der Waals surface area contributed by atoms with Gasteiger partial charge in [0.1, 0.15) is 5.82 Å². The number of hydrogen-bond acceptors (Lipinski definition) is 3. The number of anilines is 2. The molecule has 1 aromatic rings. The molecule has 2 bridgehead atoms. The molecule has 1 aromatic carbocycles. The number of nitrogens with two attached hydrogens (primary N) is 1. The van der Waals surface area contributed by atoms with Crippen LogP contribution in [0, 0.1) is 11.7 Å². The molecule has 18 heavy (non-hydrogen) atoms. The highest BCUT2D eigenvalue weighted by Gasteiger charge is 2.34. The van der Waals surface area contributed by atoms with E-state index in [2.05, 4.69) is 26.1 Å². The predicted molar refractivity (Wildman–Crippen MR) is 75.1 cm³/mol. The second kappa shape index (κ2) is 4.70. The Balaban J connectivity index is 1.78. The van der Waals surface area contributed by atoms with Gasteiger partial charge in [-0.1, -0.05) is 0 Å². The first kappa shape index (κ1) is 12.2. The summed E-state index contributed by atoms with van der Waals surface area (Å²) in [7, 11) is 0. The molecule has 3 aliphatic heterocycles. The van der Waals surface area contributed by atoms with Gasteiger partial charge < -0.3 is 16.0 Å². The molecule has 0 spiro atoms. The topological polar surface area (TPSA) is 41.3 Å². The van der Waals surface area contributed by atoms with E-state index >= 15 is 0 Å². The van der Waals surface area contributed by atoms with E-state index in [0.29, 0.717) is 22.1 Å². The van der Waals surface area contributed by atoms with Gasteiger partial charge in [-0.3, -0.25) is 0 Å². The number of fused-ring (bicyclic) bond motifs is 3. The summed E-state index contributed by atoms with van der Waals surface area (Å²) in [6, 6.07) is 3.51. The average Bonchev–Trinajstić information content (AvgIpc) is 2.37. The van der Waals surface area contributed by atoms with Gasteiger partial charge in [-0.25, -0.2) is 4.39 Å². The lowest BCUT2D eigenvalue weighted by atomic mass is 9.84. The number of hydrogen-bond donors (Lipinski definition) is 2. The van der Waals surface area contributed by atoms with Gasteiger partial charge in [0, 0.05) is 18.7 Å². The minimum Gasteiger partial charge on any atom is -0.397 e. The van der Waals surface area contributed by atoms with Crippen molar-refractivity contribution in [2.75, 3.05) is 30.7 Å². The van der Waals surface area contributed by atoms with Crippen LogP contribution in [0.5, 0.6) is 0 Å². The van der Waals surface area contributed by atoms with Crippen LogP contribution in [0.2, 0.25) is 0 Å². The fraction of sp³-hybridized carbons (Fsp3) is 0.538. The number of nitrogens with one attached hydrogen (secondary N) is 1. The normalized spacial score (nSPS) is 30.4. The molecule has 3 nitrogen and oxygen atoms in total. The maximum atomic E-state index is 13.5. The van der Waals surface area contributed by atoms with E-state index in [1.54, 1.807) is 6.07 Å². The number of benzene rings is 1. The third-order valence-corrected chi connectivity index (χ3v) is 4.70. The van der Waals surface area contributed by atoms with E-state index in [0.717, 1.165) is 12.2 Å². The molecule has 0 aromatic heterocycles. The van der Waals surface area contributed by atoms with Crippen molar-refractivity contribution in [3.8, 4) is 0 Å². The number of piperidine rings is 3. The maximum absolute atomic E-state index is 13.5. The van der Waals surface area contributed by atoms with Crippen LogP contribution in [0.4, 0.5) is 15.8 Å². The van der Waals surface area contributed by atoms with Crippen LogP contribution in [0.25, 0.3) is 0 Å². The molecule has 98 valence electrons. The van der Waals surface area contributed by atoms with E-state index in [4.69, 9.17) is 5.73 Å². The molecule has 0 saturated carbocycles. The molecule has 3 fully saturated rings. The minimum absolute atomic E-state index is 0.270. The summed E-state index contributed by atoms with van der Waals surface area (Å²) in [5, 5.41) is 3.42. The molecule has 3 N–H and O–H groups in total. The summed E-state index contributed by atoms with van der Waals surface area (Å²) in [5.41, 5.74) is 7.25. The first-order chi connectivity index (χ1) is 8.63. The van der Waals surface area contributed by atoms with Crippen molar-refractivity contribution < 1.29 is 4.39 Å². The number of nitrogens with zero attached hydrogens (tertiary/aromatic N) is 1. The van der Waals surface area contributed by atoms with Gasteiger partial charge in [0.2, 0.25) is 0 Å². The summed E-state index contributed by atoms with van der Waals surface area (Å²) in [6.07, 6.45) is 2.47. The maximum Gasteiger partial charge on any atom is 0.139 e. The van der Waals surface area contributed by atoms with Gasteiger partial charge in [0.05, 0.1) is 15.8 Å². The van der Waals surface area contributed by atoms with Crippen molar-refractivity contribution >= 4 is 27.3 Å². The van der Waals surface area contributed by atoms with E-state index in [-0.39, 0.29) is 5.82 Å². The summed E-state index contributed by atoms with van der Waals surface area (Å²) >= 11 is 3.15. The van der Waals surface area contributed by atoms with Gasteiger partial charge in [0.25, 0.3) is 0 Å². The van der Waals surface area contributed by atoms with Crippen molar-refractivity contribution in [2.45, 2.75) is 18.9 Å². The van der Waals surface area contributed by atoms with Crippen LogP contribution in [0.3, 0.4) is 0 Å². The molecular weight excluding hydrogens is 297 g/mol. The first-order valence-electron chi connectivity index (χ1n) is 6.37. The number of halogens is 2. The molecule has 0 radical (unpaired) electrons. The Bertz CT molecular complexity index is 458. The lowest BCUT2D eigenvalue weighted by Gasteiger charge is -2.45. The van der Waals surface area contributed by atoms with Crippen molar-refractivity contribution in [2.24, 2.45) is 5.92 Å². The second-order valence-corrected chi connectivity index (χ2v) is 6.10. The van der Waals surface area contributed by atoms with Crippen LogP contribution in [0.15, 0.2) is 16.6 Å². The van der Waals surface area contributed by atoms with Crippen molar-refractivity contribution in [3.63, 3.8) is 0 Å². The minimum atomic E-state index is -0.270. The monoisotopic (exact) mass is 313 g/mol. The van der Waals surface area contributed by atoms with Crippen molar-refractivity contribution in [1.29, 1.82) is 0 Å². The van der Waals surface area contributed by atoms with Gasteiger partial charge >= 0.3 is 0 Å². The molecule has 3 saturated heterocycles. The van der Waals surface area contributed by atoms with Crippen LogP contribution in [-0.2, 0) is 0 Å². The molecule has 3 aliphatic rings. The zero-order valence-corrected chi connectivity index (χ0v) is 11.7. The molecule has 4 rings (SSSR count). The Hall–Kier alpha value is -0.810. The molecule has 3 heterocycles.